The van der Waals surface area contributed by atoms with Crippen molar-refractivity contribution in [2.24, 2.45) is 0 Å². The van der Waals surface area contributed by atoms with Crippen molar-refractivity contribution in [3.63, 3.8) is 0 Å². The molecule has 30 heavy (non-hydrogen) atoms. The maximum atomic E-state index is 13.9. The SMILES string of the molecule is CC1(C)OB(c2cc3n(c2)CCCn2c-3nnc2C2(C(F)(F)F)CCC2)OC1(C)C. The number of hydrogen-bond donors (Lipinski definition) is 0. The molecule has 2 aromatic heterocycles. The zero-order valence-corrected chi connectivity index (χ0v) is 17.7. The zero-order valence-electron chi connectivity index (χ0n) is 17.7. The summed E-state index contributed by atoms with van der Waals surface area (Å²) in [6, 6.07) is 1.92. The van der Waals surface area contributed by atoms with Crippen molar-refractivity contribution in [2.75, 3.05) is 0 Å². The van der Waals surface area contributed by atoms with Gasteiger partial charge in [-0.15, -0.1) is 10.2 Å². The quantitative estimate of drug-likeness (QED) is 0.696. The summed E-state index contributed by atoms with van der Waals surface area (Å²) >= 11 is 0. The predicted molar refractivity (Wildman–Crippen MR) is 105 cm³/mol. The average Bonchev–Trinajstić information content (AvgIpc) is 3.19. The molecule has 10 heteroatoms. The normalized spacial score (nSPS) is 24.2. The van der Waals surface area contributed by atoms with Crippen molar-refractivity contribution < 1.29 is 22.5 Å². The van der Waals surface area contributed by atoms with Crippen LogP contribution in [0.15, 0.2) is 12.3 Å². The fraction of sp³-hybridized carbons (Fsp3) is 0.700. The minimum atomic E-state index is -4.32. The van der Waals surface area contributed by atoms with Crippen molar-refractivity contribution in [3.8, 4) is 11.5 Å². The van der Waals surface area contributed by atoms with Crippen LogP contribution < -0.4 is 5.46 Å². The lowest BCUT2D eigenvalue weighted by Gasteiger charge is -2.42. The van der Waals surface area contributed by atoms with Gasteiger partial charge in [-0.2, -0.15) is 13.2 Å². The predicted octanol–water partition coefficient (Wildman–Crippen LogP) is 3.43. The van der Waals surface area contributed by atoms with Crippen LogP contribution in [0.2, 0.25) is 0 Å². The third-order valence-electron chi connectivity index (χ3n) is 7.38. The first-order chi connectivity index (χ1) is 14.0. The Bertz CT molecular complexity index is 975. The number of hydrogen-bond acceptors (Lipinski definition) is 4. The van der Waals surface area contributed by atoms with Crippen LogP contribution >= 0.6 is 0 Å². The molecule has 162 valence electrons. The third-order valence-corrected chi connectivity index (χ3v) is 7.38. The van der Waals surface area contributed by atoms with E-state index in [9.17, 15) is 13.2 Å². The van der Waals surface area contributed by atoms with Gasteiger partial charge in [0.2, 0.25) is 0 Å². The van der Waals surface area contributed by atoms with Crippen LogP contribution in [0.25, 0.3) is 11.5 Å². The molecule has 6 nitrogen and oxygen atoms in total. The first-order valence-electron chi connectivity index (χ1n) is 10.5. The van der Waals surface area contributed by atoms with Crippen LogP contribution in [0.4, 0.5) is 13.2 Å². The average molecular weight is 422 g/mol. The van der Waals surface area contributed by atoms with Gasteiger partial charge in [0.1, 0.15) is 11.2 Å². The molecule has 0 spiro atoms. The smallest absolute Gasteiger partial charge is 0.399 e. The number of rotatable bonds is 2. The van der Waals surface area contributed by atoms with Gasteiger partial charge in [0.25, 0.3) is 0 Å². The van der Waals surface area contributed by atoms with Gasteiger partial charge in [-0.25, -0.2) is 0 Å². The van der Waals surface area contributed by atoms with E-state index in [0.29, 0.717) is 31.8 Å². The largest absolute Gasteiger partial charge is 0.496 e. The summed E-state index contributed by atoms with van der Waals surface area (Å²) in [6.07, 6.45) is -0.939. The monoisotopic (exact) mass is 422 g/mol. The van der Waals surface area contributed by atoms with E-state index in [1.54, 1.807) is 4.57 Å². The highest BCUT2D eigenvalue weighted by molar-refractivity contribution is 6.62. The number of fused-ring (bicyclic) bond motifs is 3. The van der Waals surface area contributed by atoms with E-state index < -0.39 is 29.9 Å². The second-order valence-corrected chi connectivity index (χ2v) is 9.73. The van der Waals surface area contributed by atoms with Gasteiger partial charge in [-0.3, -0.25) is 0 Å². The van der Waals surface area contributed by atoms with Gasteiger partial charge in [-0.1, -0.05) is 6.42 Å². The van der Waals surface area contributed by atoms with E-state index in [1.165, 1.54) is 0 Å². The molecule has 0 amide bonds. The lowest BCUT2D eigenvalue weighted by atomic mass is 9.67. The molecule has 0 radical (unpaired) electrons. The molecular weight excluding hydrogens is 396 g/mol. The summed E-state index contributed by atoms with van der Waals surface area (Å²) < 4.78 is 57.8. The summed E-state index contributed by atoms with van der Waals surface area (Å²) in [4.78, 5) is 0. The summed E-state index contributed by atoms with van der Waals surface area (Å²) in [5, 5.41) is 8.30. The fourth-order valence-electron chi connectivity index (χ4n) is 4.64. The minimum absolute atomic E-state index is 0.0584. The summed E-state index contributed by atoms with van der Waals surface area (Å²) in [6.45, 7) is 9.14. The van der Waals surface area contributed by atoms with Crippen LogP contribution in [0.1, 0.15) is 59.2 Å². The molecule has 2 fully saturated rings. The van der Waals surface area contributed by atoms with Crippen LogP contribution in [-0.2, 0) is 27.8 Å². The molecule has 1 saturated heterocycles. The topological polar surface area (TPSA) is 54.1 Å². The molecule has 0 atom stereocenters. The highest BCUT2D eigenvalue weighted by Gasteiger charge is 2.62. The highest BCUT2D eigenvalue weighted by Crippen LogP contribution is 2.54. The number of aromatic nitrogens is 4. The molecular formula is C20H26BF3N4O2. The van der Waals surface area contributed by atoms with E-state index in [-0.39, 0.29) is 18.7 Å². The molecule has 0 N–H and O–H groups in total. The van der Waals surface area contributed by atoms with Gasteiger partial charge in [-0.05, 0) is 53.0 Å². The summed E-state index contributed by atoms with van der Waals surface area (Å²) in [5.74, 6) is 0.545. The molecule has 3 aliphatic rings. The molecule has 0 unspecified atom stereocenters. The minimum Gasteiger partial charge on any atom is -0.399 e. The van der Waals surface area contributed by atoms with Gasteiger partial charge in [0.15, 0.2) is 5.82 Å². The van der Waals surface area contributed by atoms with E-state index >= 15 is 0 Å². The lowest BCUT2D eigenvalue weighted by Crippen LogP contribution is -2.49. The molecule has 0 aromatic carbocycles. The van der Waals surface area contributed by atoms with Crippen molar-refractivity contribution in [3.05, 3.63) is 18.1 Å². The molecule has 2 aromatic rings. The molecule has 4 heterocycles. The second-order valence-electron chi connectivity index (χ2n) is 9.73. The molecule has 2 aliphatic heterocycles. The van der Waals surface area contributed by atoms with Crippen LogP contribution in [-0.4, -0.2) is 43.8 Å². The number of aryl methyl sites for hydroxylation is 1. The maximum absolute atomic E-state index is 13.9. The zero-order chi connectivity index (χ0) is 21.5. The van der Waals surface area contributed by atoms with Gasteiger partial charge >= 0.3 is 13.3 Å². The Kier molecular flexibility index (Phi) is 4.11. The highest BCUT2D eigenvalue weighted by atomic mass is 19.4. The number of halogens is 3. The Morgan fingerprint density at radius 2 is 1.67 bits per heavy atom. The van der Waals surface area contributed by atoms with Crippen LogP contribution in [0.5, 0.6) is 0 Å². The van der Waals surface area contributed by atoms with E-state index in [1.807, 2.05) is 44.5 Å². The van der Waals surface area contributed by atoms with Crippen molar-refractivity contribution in [1.82, 2.24) is 19.3 Å². The standard InChI is InChI=1S/C20H26BF3N4O2/c1-17(2)18(3,4)30-21(29-17)13-11-14-15-25-26-16(19(7-5-8-19)20(22,23)24)28(15)10-6-9-27(14)12-13/h11-12H,5-10H2,1-4H3. The van der Waals surface area contributed by atoms with Gasteiger partial charge < -0.3 is 18.4 Å². The number of nitrogens with zero attached hydrogens (tertiary/aromatic N) is 4. The Morgan fingerprint density at radius 1 is 1.00 bits per heavy atom. The Hall–Kier alpha value is -1.81. The van der Waals surface area contributed by atoms with Crippen LogP contribution in [0.3, 0.4) is 0 Å². The Labute approximate surface area is 173 Å². The van der Waals surface area contributed by atoms with E-state index in [2.05, 4.69) is 10.2 Å². The van der Waals surface area contributed by atoms with E-state index in [4.69, 9.17) is 9.31 Å². The molecule has 1 aliphatic carbocycles. The first-order valence-corrected chi connectivity index (χ1v) is 10.5. The first kappa shape index (κ1) is 20.1. The van der Waals surface area contributed by atoms with Gasteiger partial charge in [0, 0.05) is 24.7 Å². The fourth-order valence-corrected chi connectivity index (χ4v) is 4.64. The maximum Gasteiger partial charge on any atom is 0.496 e. The molecule has 1 saturated carbocycles. The third kappa shape index (κ3) is 2.65. The lowest BCUT2D eigenvalue weighted by molar-refractivity contribution is -0.216. The van der Waals surface area contributed by atoms with Crippen molar-refractivity contribution in [1.29, 1.82) is 0 Å². The Balaban J connectivity index is 1.54. The Morgan fingerprint density at radius 3 is 2.23 bits per heavy atom. The summed E-state index contributed by atoms with van der Waals surface area (Å²) in [5.41, 5.74) is -1.20. The summed E-state index contributed by atoms with van der Waals surface area (Å²) in [7, 11) is -0.529. The molecule has 5 rings (SSSR count). The van der Waals surface area contributed by atoms with E-state index in [0.717, 1.165) is 11.2 Å². The number of alkyl halides is 3. The van der Waals surface area contributed by atoms with Crippen molar-refractivity contribution in [2.45, 2.75) is 89.3 Å². The molecule has 0 bridgehead atoms. The van der Waals surface area contributed by atoms with Crippen molar-refractivity contribution >= 4 is 12.6 Å². The second kappa shape index (κ2) is 6.13. The van der Waals surface area contributed by atoms with Gasteiger partial charge in [0.05, 0.1) is 16.9 Å². The van der Waals surface area contributed by atoms with Crippen LogP contribution in [0, 0.1) is 0 Å².